The number of hydrogen-bond donors (Lipinski definition) is 2. The van der Waals surface area contributed by atoms with Crippen LogP contribution in [0.1, 0.15) is 36.9 Å². The van der Waals surface area contributed by atoms with Gasteiger partial charge in [-0.2, -0.15) is 0 Å². The number of fused-ring (bicyclic) bond motifs is 1. The van der Waals surface area contributed by atoms with Crippen molar-refractivity contribution in [3.05, 3.63) is 10.6 Å². The van der Waals surface area contributed by atoms with Crippen LogP contribution < -0.4 is 16.0 Å². The Morgan fingerprint density at radius 2 is 2.00 bits per heavy atom. The van der Waals surface area contributed by atoms with Gasteiger partial charge >= 0.3 is 0 Å². The van der Waals surface area contributed by atoms with E-state index in [1.165, 1.54) is 11.3 Å². The van der Waals surface area contributed by atoms with E-state index in [-0.39, 0.29) is 36.4 Å². The third-order valence-electron chi connectivity index (χ3n) is 3.69. The summed E-state index contributed by atoms with van der Waals surface area (Å²) in [6, 6.07) is -0.00526. The molecule has 1 saturated heterocycles. The first kappa shape index (κ1) is 13.5. The predicted molar refractivity (Wildman–Crippen MR) is 76.5 cm³/mol. The summed E-state index contributed by atoms with van der Waals surface area (Å²) in [7, 11) is 0. The number of nitrogens with zero attached hydrogens (tertiary/aromatic N) is 2. The highest BCUT2D eigenvalue weighted by Gasteiger charge is 2.35. The first-order valence-corrected chi connectivity index (χ1v) is 7.48. The van der Waals surface area contributed by atoms with Crippen molar-refractivity contribution in [3.63, 3.8) is 0 Å². The van der Waals surface area contributed by atoms with Crippen molar-refractivity contribution in [2.45, 2.75) is 32.7 Å². The average Bonchev–Trinajstić information content (AvgIpc) is 2.69. The molecule has 0 aromatic carbocycles. The molecule has 0 radical (unpaired) electrons. The van der Waals surface area contributed by atoms with Gasteiger partial charge in [-0.3, -0.25) is 14.9 Å². The molecule has 1 aliphatic carbocycles. The first-order chi connectivity index (χ1) is 9.34. The van der Waals surface area contributed by atoms with E-state index in [9.17, 15) is 9.59 Å². The topological polar surface area (TPSA) is 88.3 Å². The highest BCUT2D eigenvalue weighted by molar-refractivity contribution is 7.15. The monoisotopic (exact) mass is 294 g/mol. The van der Waals surface area contributed by atoms with Crippen LogP contribution in [0.15, 0.2) is 0 Å². The standard InChI is InChI=1S/C13H18N4O2S/c1-13(2)3-7(14)11-8(4-13)15-12(20-11)17-5-9(18)16-10(19)6-17/h7H,3-6,14H2,1-2H3,(H,16,18,19). The van der Waals surface area contributed by atoms with Crippen molar-refractivity contribution < 1.29 is 9.59 Å². The molecule has 20 heavy (non-hydrogen) atoms. The van der Waals surface area contributed by atoms with Gasteiger partial charge in [-0.05, 0) is 18.3 Å². The number of hydrogen-bond acceptors (Lipinski definition) is 6. The number of piperazine rings is 1. The molecule has 1 fully saturated rings. The van der Waals surface area contributed by atoms with Crippen LogP contribution in [0.4, 0.5) is 5.13 Å². The van der Waals surface area contributed by atoms with Crippen molar-refractivity contribution in [1.29, 1.82) is 0 Å². The van der Waals surface area contributed by atoms with Gasteiger partial charge in [-0.15, -0.1) is 0 Å². The maximum absolute atomic E-state index is 11.4. The lowest BCUT2D eigenvalue weighted by molar-refractivity contribution is -0.130. The lowest BCUT2D eigenvalue weighted by atomic mass is 9.77. The third kappa shape index (κ3) is 2.43. The minimum atomic E-state index is -0.279. The molecule has 2 amide bonds. The molecule has 108 valence electrons. The fraction of sp³-hybridized carbons (Fsp3) is 0.615. The van der Waals surface area contributed by atoms with Crippen molar-refractivity contribution >= 4 is 28.3 Å². The second-order valence-corrected chi connectivity index (χ2v) is 7.30. The molecular weight excluding hydrogens is 276 g/mol. The van der Waals surface area contributed by atoms with E-state index >= 15 is 0 Å². The van der Waals surface area contributed by atoms with Gasteiger partial charge in [-0.1, -0.05) is 25.2 Å². The van der Waals surface area contributed by atoms with Gasteiger partial charge in [0.1, 0.15) is 13.1 Å². The van der Waals surface area contributed by atoms with Crippen LogP contribution in [0, 0.1) is 5.41 Å². The molecule has 2 heterocycles. The number of amides is 2. The molecule has 1 unspecified atom stereocenters. The van der Waals surface area contributed by atoms with Crippen molar-refractivity contribution in [2.75, 3.05) is 18.0 Å². The number of imide groups is 1. The highest BCUT2D eigenvalue weighted by Crippen LogP contribution is 2.43. The Hall–Kier alpha value is -1.47. The minimum Gasteiger partial charge on any atom is -0.329 e. The maximum atomic E-state index is 11.4. The minimum absolute atomic E-state index is 0.00526. The lowest BCUT2D eigenvalue weighted by Gasteiger charge is -2.32. The summed E-state index contributed by atoms with van der Waals surface area (Å²) in [6.07, 6.45) is 1.82. The van der Waals surface area contributed by atoms with Gasteiger partial charge in [-0.25, -0.2) is 4.98 Å². The number of carbonyl (C=O) groups is 2. The number of anilines is 1. The molecule has 1 aliphatic heterocycles. The van der Waals surface area contributed by atoms with E-state index < -0.39 is 0 Å². The van der Waals surface area contributed by atoms with Crippen LogP contribution in [0.25, 0.3) is 0 Å². The van der Waals surface area contributed by atoms with Crippen LogP contribution in [0.3, 0.4) is 0 Å². The zero-order chi connectivity index (χ0) is 14.5. The van der Waals surface area contributed by atoms with Crippen LogP contribution in [0.2, 0.25) is 0 Å². The molecule has 6 nitrogen and oxygen atoms in total. The molecule has 0 bridgehead atoms. The quantitative estimate of drug-likeness (QED) is 0.740. The smallest absolute Gasteiger partial charge is 0.246 e. The fourth-order valence-corrected chi connectivity index (χ4v) is 3.97. The Bertz CT molecular complexity index is 565. The molecule has 3 N–H and O–H groups in total. The molecule has 1 aromatic rings. The molecule has 0 saturated carbocycles. The molecule has 3 rings (SSSR count). The Morgan fingerprint density at radius 1 is 1.35 bits per heavy atom. The third-order valence-corrected chi connectivity index (χ3v) is 4.98. The van der Waals surface area contributed by atoms with Gasteiger partial charge in [0.05, 0.1) is 5.69 Å². The summed E-state index contributed by atoms with van der Waals surface area (Å²) in [5.41, 5.74) is 7.39. The predicted octanol–water partition coefficient (Wildman–Crippen LogP) is 0.578. The van der Waals surface area contributed by atoms with E-state index in [1.807, 2.05) is 0 Å². The van der Waals surface area contributed by atoms with Crippen LogP contribution in [-0.2, 0) is 16.0 Å². The van der Waals surface area contributed by atoms with E-state index in [4.69, 9.17) is 5.73 Å². The lowest BCUT2D eigenvalue weighted by Crippen LogP contribution is -2.51. The van der Waals surface area contributed by atoms with Gasteiger partial charge in [0.15, 0.2) is 5.13 Å². The number of aromatic nitrogens is 1. The molecule has 2 aliphatic rings. The van der Waals surface area contributed by atoms with Gasteiger partial charge in [0.2, 0.25) is 11.8 Å². The van der Waals surface area contributed by atoms with E-state index in [1.54, 1.807) is 4.90 Å². The Labute approximate surface area is 121 Å². The van der Waals surface area contributed by atoms with E-state index in [0.29, 0.717) is 0 Å². The Kier molecular flexibility index (Phi) is 3.06. The highest BCUT2D eigenvalue weighted by atomic mass is 32.1. The summed E-state index contributed by atoms with van der Waals surface area (Å²) in [5, 5.41) is 3.02. The number of carbonyl (C=O) groups excluding carboxylic acids is 2. The number of thiazole rings is 1. The zero-order valence-electron chi connectivity index (χ0n) is 11.6. The van der Waals surface area contributed by atoms with Crippen LogP contribution >= 0.6 is 11.3 Å². The zero-order valence-corrected chi connectivity index (χ0v) is 12.4. The van der Waals surface area contributed by atoms with E-state index in [2.05, 4.69) is 24.1 Å². The second kappa shape index (κ2) is 4.53. The largest absolute Gasteiger partial charge is 0.329 e. The van der Waals surface area contributed by atoms with Crippen molar-refractivity contribution in [2.24, 2.45) is 11.1 Å². The first-order valence-electron chi connectivity index (χ1n) is 6.67. The molecule has 0 spiro atoms. The molecule has 1 aromatic heterocycles. The van der Waals surface area contributed by atoms with Crippen molar-refractivity contribution in [1.82, 2.24) is 10.3 Å². The Balaban J connectivity index is 1.90. The summed E-state index contributed by atoms with van der Waals surface area (Å²) in [5.74, 6) is -0.557. The molecule has 7 heteroatoms. The second-order valence-electron chi connectivity index (χ2n) is 6.29. The average molecular weight is 294 g/mol. The molecule has 1 atom stereocenters. The van der Waals surface area contributed by atoms with Crippen LogP contribution in [-0.4, -0.2) is 29.9 Å². The molecular formula is C13H18N4O2S. The summed E-state index contributed by atoms with van der Waals surface area (Å²) >= 11 is 1.51. The van der Waals surface area contributed by atoms with Gasteiger partial charge < -0.3 is 10.6 Å². The summed E-state index contributed by atoms with van der Waals surface area (Å²) in [4.78, 5) is 30.3. The van der Waals surface area contributed by atoms with E-state index in [0.717, 1.165) is 28.5 Å². The van der Waals surface area contributed by atoms with Crippen molar-refractivity contribution in [3.8, 4) is 0 Å². The number of rotatable bonds is 1. The fourth-order valence-electron chi connectivity index (χ4n) is 2.89. The number of nitrogens with one attached hydrogen (secondary N) is 1. The van der Waals surface area contributed by atoms with Crippen LogP contribution in [0.5, 0.6) is 0 Å². The van der Waals surface area contributed by atoms with Gasteiger partial charge in [0, 0.05) is 10.9 Å². The Morgan fingerprint density at radius 3 is 2.65 bits per heavy atom. The summed E-state index contributed by atoms with van der Waals surface area (Å²) < 4.78 is 0. The van der Waals surface area contributed by atoms with Gasteiger partial charge in [0.25, 0.3) is 0 Å². The number of nitrogens with two attached hydrogens (primary N) is 1. The SMILES string of the molecule is CC1(C)Cc2nc(N3CC(=O)NC(=O)C3)sc2C(N)C1. The summed E-state index contributed by atoms with van der Waals surface area (Å²) in [6.45, 7) is 4.73. The maximum Gasteiger partial charge on any atom is 0.246 e. The normalized spacial score (nSPS) is 25.4.